The maximum Gasteiger partial charge on any atom is 0.272 e. The van der Waals surface area contributed by atoms with Crippen molar-refractivity contribution in [3.8, 4) is 0 Å². The van der Waals surface area contributed by atoms with Gasteiger partial charge in [0.05, 0.1) is 0 Å². The van der Waals surface area contributed by atoms with Crippen molar-refractivity contribution in [2.75, 3.05) is 13.1 Å². The van der Waals surface area contributed by atoms with Gasteiger partial charge in [0.25, 0.3) is 5.91 Å². The molecule has 6 nitrogen and oxygen atoms in total. The van der Waals surface area contributed by atoms with Crippen molar-refractivity contribution in [2.24, 2.45) is 0 Å². The molecule has 0 unspecified atom stereocenters. The minimum absolute atomic E-state index is 0.0142. The molecule has 1 N–H and O–H groups in total. The number of amides is 1. The average molecular weight is 271 g/mol. The lowest BCUT2D eigenvalue weighted by Gasteiger charge is -2.32. The van der Waals surface area contributed by atoms with E-state index < -0.39 is 0 Å². The number of carbonyl (C=O) groups excluding carboxylic acids is 1. The third kappa shape index (κ3) is 2.54. The monoisotopic (exact) mass is 271 g/mol. The minimum atomic E-state index is -0.0142. The average Bonchev–Trinajstić information content (AvgIpc) is 3.01. The first-order valence-corrected chi connectivity index (χ1v) is 6.82. The molecule has 20 heavy (non-hydrogen) atoms. The first kappa shape index (κ1) is 12.8. The summed E-state index contributed by atoms with van der Waals surface area (Å²) in [6, 6.07) is 3.66. The summed E-state index contributed by atoms with van der Waals surface area (Å²) in [5.74, 6) is 0.941. The lowest BCUT2D eigenvalue weighted by atomic mass is 9.95. The molecule has 1 aliphatic rings. The molecule has 0 saturated carbocycles. The Morgan fingerprint density at radius 3 is 3.05 bits per heavy atom. The van der Waals surface area contributed by atoms with Gasteiger partial charge in [-0.1, -0.05) is 0 Å². The summed E-state index contributed by atoms with van der Waals surface area (Å²) in [6.07, 6.45) is 5.46. The molecule has 0 aromatic carbocycles. The van der Waals surface area contributed by atoms with Gasteiger partial charge in [-0.3, -0.25) is 9.89 Å². The van der Waals surface area contributed by atoms with E-state index in [1.165, 1.54) is 0 Å². The zero-order valence-corrected chi connectivity index (χ0v) is 11.4. The maximum atomic E-state index is 12.5. The van der Waals surface area contributed by atoms with E-state index in [0.717, 1.165) is 25.1 Å². The Labute approximate surface area is 117 Å². The standard InChI is InChI=1S/C14H17N5O/c1-10-15-6-4-13(17-10)14(20)19-8-2-3-11(9-19)12-5-7-16-18-12/h4-7,11H,2-3,8-9H2,1H3,(H,16,18)/t11-/m0/s1. The number of H-pyrrole nitrogens is 1. The van der Waals surface area contributed by atoms with Gasteiger partial charge in [0.15, 0.2) is 0 Å². The minimum Gasteiger partial charge on any atom is -0.337 e. The lowest BCUT2D eigenvalue weighted by Crippen LogP contribution is -2.39. The van der Waals surface area contributed by atoms with E-state index in [1.54, 1.807) is 25.4 Å². The van der Waals surface area contributed by atoms with Crippen LogP contribution in [0.25, 0.3) is 0 Å². The van der Waals surface area contributed by atoms with Gasteiger partial charge in [-0.25, -0.2) is 9.97 Å². The molecule has 1 fully saturated rings. The number of aromatic nitrogens is 4. The second-order valence-corrected chi connectivity index (χ2v) is 5.09. The van der Waals surface area contributed by atoms with Crippen molar-refractivity contribution in [3.63, 3.8) is 0 Å². The topological polar surface area (TPSA) is 74.8 Å². The molecule has 0 radical (unpaired) electrons. The summed E-state index contributed by atoms with van der Waals surface area (Å²) in [5, 5.41) is 6.99. The van der Waals surface area contributed by atoms with Crippen LogP contribution in [0.15, 0.2) is 24.5 Å². The van der Waals surface area contributed by atoms with Gasteiger partial charge in [0.1, 0.15) is 11.5 Å². The first-order valence-electron chi connectivity index (χ1n) is 6.82. The molecule has 2 aromatic rings. The summed E-state index contributed by atoms with van der Waals surface area (Å²) < 4.78 is 0. The van der Waals surface area contributed by atoms with Crippen LogP contribution in [0.3, 0.4) is 0 Å². The molecule has 1 saturated heterocycles. The van der Waals surface area contributed by atoms with Crippen molar-refractivity contribution >= 4 is 5.91 Å². The molecule has 0 bridgehead atoms. The zero-order chi connectivity index (χ0) is 13.9. The third-order valence-corrected chi connectivity index (χ3v) is 3.67. The number of hydrogen-bond acceptors (Lipinski definition) is 4. The largest absolute Gasteiger partial charge is 0.337 e. The number of rotatable bonds is 2. The third-order valence-electron chi connectivity index (χ3n) is 3.67. The number of carbonyl (C=O) groups is 1. The predicted molar refractivity (Wildman–Crippen MR) is 73.2 cm³/mol. The van der Waals surface area contributed by atoms with E-state index in [1.807, 2.05) is 11.0 Å². The zero-order valence-electron chi connectivity index (χ0n) is 11.4. The normalized spacial score (nSPS) is 19.1. The second-order valence-electron chi connectivity index (χ2n) is 5.09. The Kier molecular flexibility index (Phi) is 3.45. The number of aromatic amines is 1. The summed E-state index contributed by atoms with van der Waals surface area (Å²) in [6.45, 7) is 3.29. The molecule has 3 rings (SSSR count). The Bertz CT molecular complexity index is 595. The van der Waals surface area contributed by atoms with E-state index >= 15 is 0 Å². The number of piperidine rings is 1. The fraction of sp³-hybridized carbons (Fsp3) is 0.429. The Morgan fingerprint density at radius 2 is 2.30 bits per heavy atom. The molecular weight excluding hydrogens is 254 g/mol. The van der Waals surface area contributed by atoms with Crippen molar-refractivity contribution in [3.05, 3.63) is 41.7 Å². The van der Waals surface area contributed by atoms with Crippen LogP contribution >= 0.6 is 0 Å². The molecule has 0 spiro atoms. The van der Waals surface area contributed by atoms with Crippen LogP contribution in [-0.4, -0.2) is 44.1 Å². The number of nitrogens with one attached hydrogen (secondary N) is 1. The van der Waals surface area contributed by atoms with Crippen LogP contribution in [-0.2, 0) is 0 Å². The molecular formula is C14H17N5O. The Hall–Kier alpha value is -2.24. The summed E-state index contributed by atoms with van der Waals surface area (Å²) in [5.41, 5.74) is 1.57. The van der Waals surface area contributed by atoms with E-state index in [9.17, 15) is 4.79 Å². The number of nitrogens with zero attached hydrogens (tertiary/aromatic N) is 4. The first-order chi connectivity index (χ1) is 9.74. The predicted octanol–water partition coefficient (Wildman–Crippen LogP) is 1.53. The van der Waals surface area contributed by atoms with E-state index in [-0.39, 0.29) is 5.91 Å². The summed E-state index contributed by atoms with van der Waals surface area (Å²) in [4.78, 5) is 22.6. The van der Waals surface area contributed by atoms with Crippen molar-refractivity contribution in [1.82, 2.24) is 25.1 Å². The van der Waals surface area contributed by atoms with Gasteiger partial charge in [-0.2, -0.15) is 5.10 Å². The molecule has 0 aliphatic carbocycles. The summed E-state index contributed by atoms with van der Waals surface area (Å²) in [7, 11) is 0. The van der Waals surface area contributed by atoms with Crippen LogP contribution in [0, 0.1) is 6.92 Å². The van der Waals surface area contributed by atoms with Gasteiger partial charge >= 0.3 is 0 Å². The fourth-order valence-corrected chi connectivity index (χ4v) is 2.65. The van der Waals surface area contributed by atoms with Gasteiger partial charge < -0.3 is 4.90 Å². The smallest absolute Gasteiger partial charge is 0.272 e. The molecule has 6 heteroatoms. The molecule has 1 aliphatic heterocycles. The molecule has 1 amide bonds. The molecule has 1 atom stereocenters. The van der Waals surface area contributed by atoms with Crippen molar-refractivity contribution in [1.29, 1.82) is 0 Å². The summed E-state index contributed by atoms with van der Waals surface area (Å²) >= 11 is 0. The van der Waals surface area contributed by atoms with Crippen LogP contribution in [0.5, 0.6) is 0 Å². The molecule has 104 valence electrons. The van der Waals surface area contributed by atoms with E-state index in [4.69, 9.17) is 0 Å². The van der Waals surface area contributed by atoms with Crippen molar-refractivity contribution in [2.45, 2.75) is 25.7 Å². The molecule has 2 aromatic heterocycles. The SMILES string of the molecule is Cc1nccc(C(=O)N2CCC[C@H](c3ccn[nH]3)C2)n1. The van der Waals surface area contributed by atoms with Gasteiger partial charge in [0, 0.05) is 37.1 Å². The highest BCUT2D eigenvalue weighted by atomic mass is 16.2. The fourth-order valence-electron chi connectivity index (χ4n) is 2.65. The van der Waals surface area contributed by atoms with Crippen LogP contribution in [0.1, 0.15) is 40.8 Å². The highest BCUT2D eigenvalue weighted by Gasteiger charge is 2.26. The molecule has 3 heterocycles. The van der Waals surface area contributed by atoms with Crippen LogP contribution in [0.2, 0.25) is 0 Å². The Balaban J connectivity index is 1.75. The van der Waals surface area contributed by atoms with E-state index in [0.29, 0.717) is 24.0 Å². The van der Waals surface area contributed by atoms with Gasteiger partial charge in [-0.05, 0) is 31.9 Å². The lowest BCUT2D eigenvalue weighted by molar-refractivity contribution is 0.0699. The maximum absolute atomic E-state index is 12.5. The number of aryl methyl sites for hydroxylation is 1. The number of likely N-dealkylation sites (tertiary alicyclic amines) is 1. The number of hydrogen-bond donors (Lipinski definition) is 1. The highest BCUT2D eigenvalue weighted by Crippen LogP contribution is 2.25. The highest BCUT2D eigenvalue weighted by molar-refractivity contribution is 5.92. The van der Waals surface area contributed by atoms with E-state index in [2.05, 4.69) is 20.2 Å². The second kappa shape index (κ2) is 5.40. The quantitative estimate of drug-likeness (QED) is 0.898. The van der Waals surface area contributed by atoms with Gasteiger partial charge in [-0.15, -0.1) is 0 Å². The Morgan fingerprint density at radius 1 is 1.40 bits per heavy atom. The van der Waals surface area contributed by atoms with Crippen molar-refractivity contribution < 1.29 is 4.79 Å². The van der Waals surface area contributed by atoms with Gasteiger partial charge in [0.2, 0.25) is 0 Å². The van der Waals surface area contributed by atoms with Crippen LogP contribution in [0.4, 0.5) is 0 Å². The van der Waals surface area contributed by atoms with Crippen LogP contribution < -0.4 is 0 Å².